The average molecular weight is 323 g/mol. The number of carbonyl (C=O) groups is 1. The number of hydrogen-bond donors (Lipinski definition) is 3. The Morgan fingerprint density at radius 1 is 1.09 bits per heavy atom. The molecule has 0 aromatic heterocycles. The molecule has 0 aliphatic heterocycles. The monoisotopic (exact) mass is 322 g/mol. The van der Waals surface area contributed by atoms with E-state index in [1.54, 1.807) is 12.1 Å². The Hall–Kier alpha value is -1.17. The molecule has 0 aliphatic rings. The van der Waals surface area contributed by atoms with Crippen LogP contribution in [0.3, 0.4) is 0 Å². The SMILES string of the molecule is CC(C)NCCCCCNC(=O)c1ccc([Si](C)(C)O)cc1. The highest BCUT2D eigenvalue weighted by molar-refractivity contribution is 6.83. The summed E-state index contributed by atoms with van der Waals surface area (Å²) in [7, 11) is -2.28. The average Bonchev–Trinajstić information content (AvgIpc) is 2.45. The highest BCUT2D eigenvalue weighted by atomic mass is 28.4. The van der Waals surface area contributed by atoms with Crippen LogP contribution in [0.1, 0.15) is 43.5 Å². The van der Waals surface area contributed by atoms with Crippen molar-refractivity contribution >= 4 is 19.4 Å². The van der Waals surface area contributed by atoms with Crippen molar-refractivity contribution in [3.63, 3.8) is 0 Å². The molecule has 1 rings (SSSR count). The minimum Gasteiger partial charge on any atom is -0.428 e. The summed E-state index contributed by atoms with van der Waals surface area (Å²) in [6.45, 7) is 9.78. The lowest BCUT2D eigenvalue weighted by molar-refractivity contribution is 0.0953. The van der Waals surface area contributed by atoms with Gasteiger partial charge in [-0.3, -0.25) is 4.79 Å². The molecule has 0 spiro atoms. The fourth-order valence-corrected chi connectivity index (χ4v) is 3.13. The second-order valence-corrected chi connectivity index (χ2v) is 10.3. The van der Waals surface area contributed by atoms with E-state index in [-0.39, 0.29) is 5.91 Å². The van der Waals surface area contributed by atoms with Crippen molar-refractivity contribution in [1.29, 1.82) is 0 Å². The number of benzene rings is 1. The maximum atomic E-state index is 12.0. The van der Waals surface area contributed by atoms with Crippen LogP contribution in [0.5, 0.6) is 0 Å². The summed E-state index contributed by atoms with van der Waals surface area (Å²) in [5.74, 6) is -0.0377. The summed E-state index contributed by atoms with van der Waals surface area (Å²) in [4.78, 5) is 22.0. The van der Waals surface area contributed by atoms with Gasteiger partial charge in [-0.1, -0.05) is 32.4 Å². The summed E-state index contributed by atoms with van der Waals surface area (Å²) in [5, 5.41) is 7.28. The maximum Gasteiger partial charge on any atom is 0.251 e. The maximum absolute atomic E-state index is 12.0. The van der Waals surface area contributed by atoms with Crippen LogP contribution >= 0.6 is 0 Å². The van der Waals surface area contributed by atoms with Gasteiger partial charge in [-0.15, -0.1) is 0 Å². The minimum absolute atomic E-state index is 0.0377. The molecule has 1 aromatic rings. The standard InChI is InChI=1S/C17H30N2O2Si/c1-14(2)18-12-6-5-7-13-19-17(20)15-8-10-16(11-9-15)22(3,4)21/h8-11,14,18,21H,5-7,12-13H2,1-4H3,(H,19,20). The number of hydrogen-bond acceptors (Lipinski definition) is 3. The lowest BCUT2D eigenvalue weighted by atomic mass is 10.2. The molecule has 0 saturated heterocycles. The summed E-state index contributed by atoms with van der Waals surface area (Å²) >= 11 is 0. The van der Waals surface area contributed by atoms with Crippen LogP contribution in [0.25, 0.3) is 0 Å². The second kappa shape index (κ2) is 9.08. The molecule has 0 saturated carbocycles. The normalized spacial score (nSPS) is 11.7. The fraction of sp³-hybridized carbons (Fsp3) is 0.588. The van der Waals surface area contributed by atoms with E-state index in [0.29, 0.717) is 18.2 Å². The highest BCUT2D eigenvalue weighted by Crippen LogP contribution is 2.03. The first-order valence-electron chi connectivity index (χ1n) is 8.15. The third-order valence-electron chi connectivity index (χ3n) is 3.55. The molecule has 0 radical (unpaired) electrons. The van der Waals surface area contributed by atoms with Gasteiger partial charge < -0.3 is 15.4 Å². The summed E-state index contributed by atoms with van der Waals surface area (Å²) in [5.41, 5.74) is 0.656. The Labute approximate surface area is 135 Å². The summed E-state index contributed by atoms with van der Waals surface area (Å²) < 4.78 is 0. The second-order valence-electron chi connectivity index (χ2n) is 6.56. The quantitative estimate of drug-likeness (QED) is 0.481. The molecule has 4 nitrogen and oxygen atoms in total. The molecule has 22 heavy (non-hydrogen) atoms. The Kier molecular flexibility index (Phi) is 7.79. The van der Waals surface area contributed by atoms with Crippen molar-refractivity contribution in [3.05, 3.63) is 29.8 Å². The molecule has 0 heterocycles. The van der Waals surface area contributed by atoms with Gasteiger partial charge in [0.25, 0.3) is 5.91 Å². The Morgan fingerprint density at radius 3 is 2.23 bits per heavy atom. The summed E-state index contributed by atoms with van der Waals surface area (Å²) in [6.07, 6.45) is 3.25. The van der Waals surface area contributed by atoms with E-state index in [0.717, 1.165) is 31.0 Å². The van der Waals surface area contributed by atoms with Gasteiger partial charge in [0.1, 0.15) is 0 Å². The number of nitrogens with one attached hydrogen (secondary N) is 2. The van der Waals surface area contributed by atoms with E-state index >= 15 is 0 Å². The van der Waals surface area contributed by atoms with E-state index in [2.05, 4.69) is 24.5 Å². The van der Waals surface area contributed by atoms with E-state index in [4.69, 9.17) is 0 Å². The van der Waals surface area contributed by atoms with Crippen LogP contribution in [0.4, 0.5) is 0 Å². The van der Waals surface area contributed by atoms with E-state index < -0.39 is 8.32 Å². The van der Waals surface area contributed by atoms with E-state index in [9.17, 15) is 9.59 Å². The van der Waals surface area contributed by atoms with Crippen LogP contribution < -0.4 is 15.8 Å². The molecular weight excluding hydrogens is 292 g/mol. The van der Waals surface area contributed by atoms with Crippen molar-refractivity contribution in [2.75, 3.05) is 13.1 Å². The van der Waals surface area contributed by atoms with Gasteiger partial charge in [-0.2, -0.15) is 0 Å². The van der Waals surface area contributed by atoms with E-state index in [1.807, 2.05) is 25.2 Å². The first kappa shape index (κ1) is 18.9. The van der Waals surface area contributed by atoms with Crippen LogP contribution in [0.2, 0.25) is 13.1 Å². The van der Waals surface area contributed by atoms with Gasteiger partial charge >= 0.3 is 0 Å². The predicted molar refractivity (Wildman–Crippen MR) is 95.1 cm³/mol. The third-order valence-corrected chi connectivity index (χ3v) is 5.29. The van der Waals surface area contributed by atoms with E-state index in [1.165, 1.54) is 0 Å². The molecule has 0 fully saturated rings. The third kappa shape index (κ3) is 7.20. The van der Waals surface area contributed by atoms with Crippen molar-refractivity contribution in [3.8, 4) is 0 Å². The Bertz CT molecular complexity index is 453. The van der Waals surface area contributed by atoms with Crippen molar-refractivity contribution in [2.45, 2.75) is 52.2 Å². The van der Waals surface area contributed by atoms with Crippen LogP contribution in [0, 0.1) is 0 Å². The van der Waals surface area contributed by atoms with Crippen molar-refractivity contribution in [2.24, 2.45) is 0 Å². The van der Waals surface area contributed by atoms with Gasteiger partial charge in [0.15, 0.2) is 0 Å². The van der Waals surface area contributed by atoms with Gasteiger partial charge in [0, 0.05) is 18.2 Å². The summed E-state index contributed by atoms with van der Waals surface area (Å²) in [6, 6.07) is 7.84. The molecule has 1 aromatic carbocycles. The van der Waals surface area contributed by atoms with Crippen LogP contribution in [0.15, 0.2) is 24.3 Å². The Morgan fingerprint density at radius 2 is 1.68 bits per heavy atom. The van der Waals surface area contributed by atoms with Gasteiger partial charge in [0.2, 0.25) is 8.32 Å². The Balaban J connectivity index is 2.25. The number of carbonyl (C=O) groups excluding carboxylic acids is 1. The van der Waals surface area contributed by atoms with Gasteiger partial charge in [-0.25, -0.2) is 0 Å². The molecule has 5 heteroatoms. The predicted octanol–water partition coefficient (Wildman–Crippen LogP) is 1.99. The first-order valence-corrected chi connectivity index (χ1v) is 11.1. The minimum atomic E-state index is -2.28. The topological polar surface area (TPSA) is 61.4 Å². The molecule has 3 N–H and O–H groups in total. The zero-order valence-corrected chi connectivity index (χ0v) is 15.3. The largest absolute Gasteiger partial charge is 0.428 e. The van der Waals surface area contributed by atoms with Crippen molar-refractivity contribution in [1.82, 2.24) is 10.6 Å². The zero-order valence-electron chi connectivity index (χ0n) is 14.3. The zero-order chi connectivity index (χ0) is 16.6. The highest BCUT2D eigenvalue weighted by Gasteiger charge is 2.19. The molecule has 0 bridgehead atoms. The van der Waals surface area contributed by atoms with Crippen LogP contribution in [-0.2, 0) is 0 Å². The number of unbranched alkanes of at least 4 members (excludes halogenated alkanes) is 2. The number of amides is 1. The molecule has 124 valence electrons. The fourth-order valence-electron chi connectivity index (χ4n) is 2.15. The molecular formula is C17H30N2O2Si. The number of rotatable bonds is 9. The molecule has 1 amide bonds. The van der Waals surface area contributed by atoms with Gasteiger partial charge in [0.05, 0.1) is 0 Å². The molecule has 0 aliphatic carbocycles. The smallest absolute Gasteiger partial charge is 0.251 e. The molecule has 0 unspecified atom stereocenters. The lowest BCUT2D eigenvalue weighted by Crippen LogP contribution is -2.41. The molecule has 0 atom stereocenters. The first-order chi connectivity index (χ1) is 10.3. The van der Waals surface area contributed by atoms with Gasteiger partial charge in [-0.05, 0) is 49.8 Å². The van der Waals surface area contributed by atoms with Crippen molar-refractivity contribution < 1.29 is 9.59 Å². The lowest BCUT2D eigenvalue weighted by Gasteiger charge is -2.14. The van der Waals surface area contributed by atoms with Crippen LogP contribution in [-0.4, -0.2) is 38.2 Å².